The third-order valence-corrected chi connectivity index (χ3v) is 4.56. The molecule has 0 spiro atoms. The van der Waals surface area contributed by atoms with Crippen LogP contribution in [0.1, 0.15) is 33.8 Å². The van der Waals surface area contributed by atoms with Gasteiger partial charge in [0.1, 0.15) is 0 Å². The van der Waals surface area contributed by atoms with Gasteiger partial charge in [0.2, 0.25) is 0 Å². The van der Waals surface area contributed by atoms with Gasteiger partial charge in [-0.3, -0.25) is 4.79 Å². The van der Waals surface area contributed by atoms with Crippen LogP contribution in [0.4, 0.5) is 0 Å². The molecule has 3 heteroatoms. The number of nitrogens with zero attached hydrogens (tertiary/aromatic N) is 1. The third kappa shape index (κ3) is 1.85. The van der Waals surface area contributed by atoms with Crippen LogP contribution in [-0.4, -0.2) is 17.4 Å². The number of hydrogen-bond acceptors (Lipinski definition) is 2. The smallest absolute Gasteiger partial charge is 0.254 e. The van der Waals surface area contributed by atoms with E-state index in [1.54, 1.807) is 11.3 Å². The van der Waals surface area contributed by atoms with E-state index in [0.717, 1.165) is 18.5 Å². The average Bonchev–Trinajstić information content (AvgIpc) is 2.89. The van der Waals surface area contributed by atoms with Crippen LogP contribution in [0, 0.1) is 0 Å². The zero-order chi connectivity index (χ0) is 12.5. The molecule has 1 atom stereocenters. The van der Waals surface area contributed by atoms with Gasteiger partial charge >= 0.3 is 0 Å². The molecule has 1 aliphatic heterocycles. The second-order valence-electron chi connectivity index (χ2n) is 4.59. The van der Waals surface area contributed by atoms with Gasteiger partial charge in [0.25, 0.3) is 5.91 Å². The Hall–Kier alpha value is -1.61. The molecule has 0 unspecified atom stereocenters. The summed E-state index contributed by atoms with van der Waals surface area (Å²) in [5.41, 5.74) is 2.10. The largest absolute Gasteiger partial charge is 0.331 e. The van der Waals surface area contributed by atoms with E-state index in [1.807, 2.05) is 35.2 Å². The molecule has 0 saturated carbocycles. The number of rotatable bonds is 1. The van der Waals surface area contributed by atoms with Crippen LogP contribution in [0.15, 0.2) is 41.8 Å². The van der Waals surface area contributed by atoms with Crippen molar-refractivity contribution in [3.63, 3.8) is 0 Å². The highest BCUT2D eigenvalue weighted by molar-refractivity contribution is 7.10. The van der Waals surface area contributed by atoms with Crippen LogP contribution in [-0.2, 0) is 6.42 Å². The maximum atomic E-state index is 12.5. The zero-order valence-electron chi connectivity index (χ0n) is 10.3. The second-order valence-corrected chi connectivity index (χ2v) is 5.59. The van der Waals surface area contributed by atoms with Crippen LogP contribution >= 0.6 is 11.3 Å². The number of carbonyl (C=O) groups is 1. The molecule has 2 aromatic rings. The molecule has 1 amide bonds. The van der Waals surface area contributed by atoms with Crippen molar-refractivity contribution >= 4 is 17.2 Å². The van der Waals surface area contributed by atoms with Crippen LogP contribution in [0.3, 0.4) is 0 Å². The predicted molar refractivity (Wildman–Crippen MR) is 73.9 cm³/mol. The summed E-state index contributed by atoms with van der Waals surface area (Å²) < 4.78 is 0. The Labute approximate surface area is 111 Å². The Morgan fingerprint density at radius 1 is 1.28 bits per heavy atom. The van der Waals surface area contributed by atoms with E-state index >= 15 is 0 Å². The molecule has 3 rings (SSSR count). The normalized spacial score (nSPS) is 18.5. The van der Waals surface area contributed by atoms with E-state index in [0.29, 0.717) is 0 Å². The molecule has 2 nitrogen and oxygen atoms in total. The molecule has 0 aliphatic carbocycles. The minimum Gasteiger partial charge on any atom is -0.331 e. The molecule has 0 radical (unpaired) electrons. The van der Waals surface area contributed by atoms with Crippen molar-refractivity contribution in [3.05, 3.63) is 57.8 Å². The summed E-state index contributed by atoms with van der Waals surface area (Å²) in [6, 6.07) is 11.9. The fourth-order valence-electron chi connectivity index (χ4n) is 2.53. The van der Waals surface area contributed by atoms with Crippen LogP contribution in [0.2, 0.25) is 0 Å². The van der Waals surface area contributed by atoms with Gasteiger partial charge in [-0.25, -0.2) is 0 Å². The fourth-order valence-corrected chi connectivity index (χ4v) is 3.50. The van der Waals surface area contributed by atoms with Gasteiger partial charge in [0.05, 0.1) is 6.04 Å². The molecule has 0 N–H and O–H groups in total. The highest BCUT2D eigenvalue weighted by atomic mass is 32.1. The molecule has 2 heterocycles. The van der Waals surface area contributed by atoms with Gasteiger partial charge in [0, 0.05) is 17.0 Å². The summed E-state index contributed by atoms with van der Waals surface area (Å²) >= 11 is 1.80. The molecule has 0 saturated heterocycles. The van der Waals surface area contributed by atoms with Crippen molar-refractivity contribution < 1.29 is 4.79 Å². The van der Waals surface area contributed by atoms with Crippen LogP contribution in [0.5, 0.6) is 0 Å². The highest BCUT2D eigenvalue weighted by Gasteiger charge is 2.28. The van der Waals surface area contributed by atoms with Crippen molar-refractivity contribution in [2.45, 2.75) is 19.4 Å². The summed E-state index contributed by atoms with van der Waals surface area (Å²) in [4.78, 5) is 15.9. The van der Waals surface area contributed by atoms with Crippen molar-refractivity contribution in [2.24, 2.45) is 0 Å². The van der Waals surface area contributed by atoms with E-state index < -0.39 is 0 Å². The Balaban J connectivity index is 1.89. The van der Waals surface area contributed by atoms with E-state index in [2.05, 4.69) is 18.4 Å². The third-order valence-electron chi connectivity index (χ3n) is 3.56. The lowest BCUT2D eigenvalue weighted by molar-refractivity contribution is 0.0679. The van der Waals surface area contributed by atoms with Crippen molar-refractivity contribution in [1.29, 1.82) is 0 Å². The summed E-state index contributed by atoms with van der Waals surface area (Å²) in [5, 5.41) is 2.12. The summed E-state index contributed by atoms with van der Waals surface area (Å²) in [6.07, 6.45) is 0.982. The Kier molecular flexibility index (Phi) is 2.92. The predicted octanol–water partition coefficient (Wildman–Crippen LogP) is 3.51. The standard InChI is InChI=1S/C15H15NOS/c1-11-13-8-10-18-14(13)7-9-16(11)15(17)12-5-3-2-4-6-12/h2-6,8,10-11H,7,9H2,1H3/t11-/m0/s1. The monoisotopic (exact) mass is 257 g/mol. The zero-order valence-corrected chi connectivity index (χ0v) is 11.1. The van der Waals surface area contributed by atoms with Crippen molar-refractivity contribution in [2.75, 3.05) is 6.54 Å². The van der Waals surface area contributed by atoms with E-state index in [4.69, 9.17) is 0 Å². The second kappa shape index (κ2) is 4.58. The number of carbonyl (C=O) groups excluding carboxylic acids is 1. The van der Waals surface area contributed by atoms with Gasteiger partial charge in [0.15, 0.2) is 0 Å². The van der Waals surface area contributed by atoms with Crippen molar-refractivity contribution in [3.8, 4) is 0 Å². The molecule has 1 aromatic carbocycles. The summed E-state index contributed by atoms with van der Waals surface area (Å²) in [7, 11) is 0. The molecule has 18 heavy (non-hydrogen) atoms. The topological polar surface area (TPSA) is 20.3 Å². The molecular formula is C15H15NOS. The minimum absolute atomic E-state index is 0.139. The van der Waals surface area contributed by atoms with Gasteiger partial charge in [-0.15, -0.1) is 11.3 Å². The molecule has 1 aliphatic rings. The van der Waals surface area contributed by atoms with E-state index in [-0.39, 0.29) is 11.9 Å². The van der Waals surface area contributed by atoms with E-state index in [9.17, 15) is 4.79 Å². The SMILES string of the molecule is C[C@H]1c2ccsc2CCN1C(=O)c1ccccc1. The molecule has 92 valence electrons. The first kappa shape index (κ1) is 11.5. The number of fused-ring (bicyclic) bond motifs is 1. The number of amides is 1. The lowest BCUT2D eigenvalue weighted by atomic mass is 10.0. The number of hydrogen-bond donors (Lipinski definition) is 0. The van der Waals surface area contributed by atoms with Crippen molar-refractivity contribution in [1.82, 2.24) is 4.90 Å². The number of thiophene rings is 1. The van der Waals surface area contributed by atoms with Crippen LogP contribution in [0.25, 0.3) is 0 Å². The van der Waals surface area contributed by atoms with Gasteiger partial charge < -0.3 is 4.90 Å². The first-order valence-electron chi connectivity index (χ1n) is 6.19. The maximum Gasteiger partial charge on any atom is 0.254 e. The molecular weight excluding hydrogens is 242 g/mol. The Morgan fingerprint density at radius 3 is 2.83 bits per heavy atom. The fraction of sp³-hybridized carbons (Fsp3) is 0.267. The number of benzene rings is 1. The summed E-state index contributed by atoms with van der Waals surface area (Å²) in [5.74, 6) is 0.139. The quantitative estimate of drug-likeness (QED) is 0.765. The lowest BCUT2D eigenvalue weighted by Gasteiger charge is -2.33. The maximum absolute atomic E-state index is 12.5. The Bertz CT molecular complexity index is 561. The average molecular weight is 257 g/mol. The molecule has 1 aromatic heterocycles. The van der Waals surface area contributed by atoms with Gasteiger partial charge in [-0.2, -0.15) is 0 Å². The minimum atomic E-state index is 0.139. The molecule has 0 fully saturated rings. The molecule has 0 bridgehead atoms. The lowest BCUT2D eigenvalue weighted by Crippen LogP contribution is -2.38. The Morgan fingerprint density at radius 2 is 2.06 bits per heavy atom. The first-order chi connectivity index (χ1) is 8.77. The van der Waals surface area contributed by atoms with Gasteiger partial charge in [-0.05, 0) is 42.5 Å². The summed E-state index contributed by atoms with van der Waals surface area (Å²) in [6.45, 7) is 2.94. The first-order valence-corrected chi connectivity index (χ1v) is 7.07. The van der Waals surface area contributed by atoms with Crippen LogP contribution < -0.4 is 0 Å². The van der Waals surface area contributed by atoms with E-state index in [1.165, 1.54) is 10.4 Å². The van der Waals surface area contributed by atoms with Gasteiger partial charge in [-0.1, -0.05) is 18.2 Å². The highest BCUT2D eigenvalue weighted by Crippen LogP contribution is 2.33.